The summed E-state index contributed by atoms with van der Waals surface area (Å²) in [6.07, 6.45) is 6.67. The van der Waals surface area contributed by atoms with Crippen LogP contribution in [0.3, 0.4) is 0 Å². The minimum Gasteiger partial charge on any atom is -0.352 e. The molecule has 0 atom stereocenters. The monoisotopic (exact) mass is 317 g/mol. The Balaban J connectivity index is 1.50. The van der Waals surface area contributed by atoms with E-state index in [4.69, 9.17) is 0 Å². The zero-order chi connectivity index (χ0) is 16.2. The highest BCUT2D eigenvalue weighted by molar-refractivity contribution is 5.80. The van der Waals surface area contributed by atoms with Crippen LogP contribution in [-0.4, -0.2) is 70.9 Å². The van der Waals surface area contributed by atoms with Crippen LogP contribution < -0.4 is 4.90 Å². The van der Waals surface area contributed by atoms with Crippen LogP contribution in [0.5, 0.6) is 0 Å². The lowest BCUT2D eigenvalue weighted by atomic mass is 9.95. The molecule has 0 N–H and O–H groups in total. The number of hydrogen-bond acceptors (Lipinski definition) is 5. The molecule has 2 aliphatic heterocycles. The van der Waals surface area contributed by atoms with Crippen molar-refractivity contribution in [3.8, 4) is 0 Å². The highest BCUT2D eigenvalue weighted by atomic mass is 16.2. The third kappa shape index (κ3) is 3.60. The molecule has 0 aliphatic carbocycles. The molecule has 0 spiro atoms. The van der Waals surface area contributed by atoms with Crippen molar-refractivity contribution in [2.24, 2.45) is 5.92 Å². The predicted molar refractivity (Wildman–Crippen MR) is 85.8 cm³/mol. The molecular weight excluding hydrogens is 294 g/mol. The zero-order valence-electron chi connectivity index (χ0n) is 13.5. The van der Waals surface area contributed by atoms with Crippen LogP contribution in [0.15, 0.2) is 18.6 Å². The number of likely N-dealkylation sites (tertiary alicyclic amines) is 1. The molecule has 2 aliphatic rings. The van der Waals surface area contributed by atoms with Gasteiger partial charge in [-0.15, -0.1) is 0 Å². The Hall–Kier alpha value is -2.18. The highest BCUT2D eigenvalue weighted by Gasteiger charge is 2.31. The molecule has 2 fully saturated rings. The van der Waals surface area contributed by atoms with Crippen molar-refractivity contribution in [2.75, 3.05) is 44.2 Å². The maximum Gasteiger partial charge on any atom is 0.225 e. The van der Waals surface area contributed by atoms with E-state index in [1.54, 1.807) is 25.5 Å². The second-order valence-corrected chi connectivity index (χ2v) is 6.16. The van der Waals surface area contributed by atoms with Crippen molar-refractivity contribution in [3.63, 3.8) is 0 Å². The van der Waals surface area contributed by atoms with Crippen LogP contribution in [0.1, 0.15) is 19.8 Å². The molecule has 0 saturated carbocycles. The number of anilines is 1. The van der Waals surface area contributed by atoms with E-state index in [0.29, 0.717) is 13.1 Å². The van der Waals surface area contributed by atoms with E-state index in [2.05, 4.69) is 14.9 Å². The molecule has 1 aromatic heterocycles. The fraction of sp³-hybridized carbons (Fsp3) is 0.625. The number of carbonyl (C=O) groups excluding carboxylic acids is 2. The Morgan fingerprint density at radius 1 is 1.00 bits per heavy atom. The van der Waals surface area contributed by atoms with Crippen molar-refractivity contribution < 1.29 is 9.59 Å². The second-order valence-electron chi connectivity index (χ2n) is 6.16. The molecule has 1 aromatic rings. The van der Waals surface area contributed by atoms with Crippen LogP contribution in [0.4, 0.5) is 5.82 Å². The number of hydrogen-bond donors (Lipinski definition) is 0. The summed E-state index contributed by atoms with van der Waals surface area (Å²) >= 11 is 0. The molecule has 3 rings (SSSR count). The van der Waals surface area contributed by atoms with Gasteiger partial charge in [-0.1, -0.05) is 0 Å². The van der Waals surface area contributed by atoms with E-state index in [1.807, 2.05) is 9.80 Å². The highest BCUT2D eigenvalue weighted by Crippen LogP contribution is 2.21. The summed E-state index contributed by atoms with van der Waals surface area (Å²) in [6.45, 7) is 6.02. The molecule has 0 radical (unpaired) electrons. The number of aromatic nitrogens is 2. The first-order valence-corrected chi connectivity index (χ1v) is 8.20. The van der Waals surface area contributed by atoms with E-state index in [0.717, 1.165) is 44.8 Å². The lowest BCUT2D eigenvalue weighted by molar-refractivity contribution is -0.140. The molecule has 0 bridgehead atoms. The molecule has 2 amide bonds. The van der Waals surface area contributed by atoms with Gasteiger partial charge in [-0.25, -0.2) is 4.98 Å². The molecule has 0 unspecified atom stereocenters. The fourth-order valence-corrected chi connectivity index (χ4v) is 3.31. The maximum absolute atomic E-state index is 12.6. The number of piperazine rings is 1. The quantitative estimate of drug-likeness (QED) is 0.789. The van der Waals surface area contributed by atoms with Gasteiger partial charge in [0.15, 0.2) is 0 Å². The maximum atomic E-state index is 12.6. The summed E-state index contributed by atoms with van der Waals surface area (Å²) in [6, 6.07) is 0. The molecule has 23 heavy (non-hydrogen) atoms. The Kier molecular flexibility index (Phi) is 4.73. The number of piperidine rings is 1. The Morgan fingerprint density at radius 2 is 1.70 bits per heavy atom. The number of rotatable bonds is 2. The molecule has 3 heterocycles. The number of carbonyl (C=O) groups is 2. The first kappa shape index (κ1) is 15.7. The number of nitrogens with zero attached hydrogens (tertiary/aromatic N) is 5. The Morgan fingerprint density at radius 3 is 2.26 bits per heavy atom. The van der Waals surface area contributed by atoms with E-state index in [-0.39, 0.29) is 17.7 Å². The molecule has 7 heteroatoms. The van der Waals surface area contributed by atoms with Gasteiger partial charge in [-0.05, 0) is 12.8 Å². The average molecular weight is 317 g/mol. The topological polar surface area (TPSA) is 69.6 Å². The standard InChI is InChI=1S/C16H23N5O2/c1-13(22)19-6-2-14(3-7-19)16(23)21-10-8-20(9-11-21)15-12-17-4-5-18-15/h4-5,12,14H,2-3,6-11H2,1H3. The minimum absolute atomic E-state index is 0.0636. The van der Waals surface area contributed by atoms with Gasteiger partial charge in [0.2, 0.25) is 11.8 Å². The smallest absolute Gasteiger partial charge is 0.225 e. The van der Waals surface area contributed by atoms with Gasteiger partial charge in [0.1, 0.15) is 5.82 Å². The third-order valence-electron chi connectivity index (χ3n) is 4.75. The fourth-order valence-electron chi connectivity index (χ4n) is 3.31. The third-order valence-corrected chi connectivity index (χ3v) is 4.75. The van der Waals surface area contributed by atoms with Crippen molar-refractivity contribution in [1.82, 2.24) is 19.8 Å². The molecule has 124 valence electrons. The van der Waals surface area contributed by atoms with Gasteiger partial charge in [0.25, 0.3) is 0 Å². The Bertz CT molecular complexity index is 549. The van der Waals surface area contributed by atoms with Gasteiger partial charge < -0.3 is 14.7 Å². The SMILES string of the molecule is CC(=O)N1CCC(C(=O)N2CCN(c3cnccn3)CC2)CC1. The summed E-state index contributed by atoms with van der Waals surface area (Å²) in [7, 11) is 0. The van der Waals surface area contributed by atoms with E-state index >= 15 is 0 Å². The van der Waals surface area contributed by atoms with Crippen LogP contribution in [-0.2, 0) is 9.59 Å². The van der Waals surface area contributed by atoms with Crippen LogP contribution in [0.2, 0.25) is 0 Å². The summed E-state index contributed by atoms with van der Waals surface area (Å²) in [4.78, 5) is 38.4. The second kappa shape index (κ2) is 6.93. The van der Waals surface area contributed by atoms with E-state index < -0.39 is 0 Å². The van der Waals surface area contributed by atoms with Crippen molar-refractivity contribution in [1.29, 1.82) is 0 Å². The van der Waals surface area contributed by atoms with Gasteiger partial charge in [-0.3, -0.25) is 14.6 Å². The lowest BCUT2D eigenvalue weighted by Crippen LogP contribution is -2.52. The van der Waals surface area contributed by atoms with Crippen LogP contribution in [0, 0.1) is 5.92 Å². The van der Waals surface area contributed by atoms with Crippen molar-refractivity contribution >= 4 is 17.6 Å². The predicted octanol–water partition coefficient (Wildman–Crippen LogP) is 0.384. The van der Waals surface area contributed by atoms with Gasteiger partial charge in [-0.2, -0.15) is 0 Å². The van der Waals surface area contributed by atoms with Gasteiger partial charge in [0.05, 0.1) is 6.20 Å². The molecule has 0 aromatic carbocycles. The zero-order valence-corrected chi connectivity index (χ0v) is 13.5. The summed E-state index contributed by atoms with van der Waals surface area (Å²) in [5.74, 6) is 1.28. The Labute approximate surface area is 136 Å². The summed E-state index contributed by atoms with van der Waals surface area (Å²) < 4.78 is 0. The van der Waals surface area contributed by atoms with Crippen molar-refractivity contribution in [2.45, 2.75) is 19.8 Å². The minimum atomic E-state index is 0.0636. The normalized spacial score (nSPS) is 19.8. The van der Waals surface area contributed by atoms with Crippen LogP contribution >= 0.6 is 0 Å². The lowest BCUT2D eigenvalue weighted by Gasteiger charge is -2.38. The first-order valence-electron chi connectivity index (χ1n) is 8.20. The number of amides is 2. The molecular formula is C16H23N5O2. The van der Waals surface area contributed by atoms with Gasteiger partial charge in [0, 0.05) is 64.5 Å². The van der Waals surface area contributed by atoms with Crippen LogP contribution in [0.25, 0.3) is 0 Å². The average Bonchev–Trinajstić information content (AvgIpc) is 2.62. The molecule has 7 nitrogen and oxygen atoms in total. The first-order chi connectivity index (χ1) is 11.1. The van der Waals surface area contributed by atoms with Crippen molar-refractivity contribution in [3.05, 3.63) is 18.6 Å². The largest absolute Gasteiger partial charge is 0.352 e. The summed E-state index contributed by atoms with van der Waals surface area (Å²) in [5.41, 5.74) is 0. The summed E-state index contributed by atoms with van der Waals surface area (Å²) in [5, 5.41) is 0. The van der Waals surface area contributed by atoms with E-state index in [1.165, 1.54) is 0 Å². The molecule has 2 saturated heterocycles. The van der Waals surface area contributed by atoms with E-state index in [9.17, 15) is 9.59 Å². The van der Waals surface area contributed by atoms with Gasteiger partial charge >= 0.3 is 0 Å².